The Morgan fingerprint density at radius 1 is 1.37 bits per heavy atom. The van der Waals surface area contributed by atoms with E-state index in [2.05, 4.69) is 10.1 Å². The van der Waals surface area contributed by atoms with Gasteiger partial charge < -0.3 is 19.7 Å². The molecule has 1 aliphatic carbocycles. The van der Waals surface area contributed by atoms with Crippen molar-refractivity contribution >= 4 is 0 Å². The fraction of sp³-hybridized carbons (Fsp3) is 0.846. The SMILES string of the molecule is CC(N)(COC1CCC1)c1noc(C2CCCO2)n1. The minimum Gasteiger partial charge on any atom is -0.376 e. The first kappa shape index (κ1) is 13.0. The van der Waals surface area contributed by atoms with E-state index in [0.717, 1.165) is 32.3 Å². The van der Waals surface area contributed by atoms with Crippen molar-refractivity contribution in [2.24, 2.45) is 5.73 Å². The van der Waals surface area contributed by atoms with Crippen LogP contribution in [0.3, 0.4) is 0 Å². The largest absolute Gasteiger partial charge is 0.376 e. The molecular formula is C13H21N3O3. The molecule has 2 heterocycles. The Morgan fingerprint density at radius 2 is 2.21 bits per heavy atom. The molecule has 106 valence electrons. The van der Waals surface area contributed by atoms with Gasteiger partial charge in [-0.2, -0.15) is 4.98 Å². The topological polar surface area (TPSA) is 83.4 Å². The van der Waals surface area contributed by atoms with Crippen LogP contribution in [0.1, 0.15) is 56.8 Å². The molecular weight excluding hydrogens is 246 g/mol. The van der Waals surface area contributed by atoms with E-state index in [0.29, 0.717) is 24.4 Å². The van der Waals surface area contributed by atoms with Crippen molar-refractivity contribution in [3.8, 4) is 0 Å². The zero-order valence-electron chi connectivity index (χ0n) is 11.3. The summed E-state index contributed by atoms with van der Waals surface area (Å²) in [6.45, 7) is 3.05. The van der Waals surface area contributed by atoms with E-state index < -0.39 is 5.54 Å². The van der Waals surface area contributed by atoms with Gasteiger partial charge >= 0.3 is 0 Å². The second-order valence-corrected chi connectivity index (χ2v) is 5.74. The van der Waals surface area contributed by atoms with Gasteiger partial charge in [-0.1, -0.05) is 5.16 Å². The van der Waals surface area contributed by atoms with Crippen LogP contribution < -0.4 is 5.73 Å². The third kappa shape index (κ3) is 2.80. The zero-order chi connectivity index (χ0) is 13.3. The minimum atomic E-state index is -0.712. The highest BCUT2D eigenvalue weighted by atomic mass is 16.5. The maximum Gasteiger partial charge on any atom is 0.255 e. The average Bonchev–Trinajstić information content (AvgIpc) is 2.98. The second kappa shape index (κ2) is 5.19. The molecule has 0 aromatic carbocycles. The first-order valence-corrected chi connectivity index (χ1v) is 7.01. The highest BCUT2D eigenvalue weighted by Crippen LogP contribution is 2.29. The van der Waals surface area contributed by atoms with E-state index in [1.807, 2.05) is 6.92 Å². The molecule has 2 atom stereocenters. The van der Waals surface area contributed by atoms with Crippen LogP contribution in [0.15, 0.2) is 4.52 Å². The number of ether oxygens (including phenoxy) is 2. The van der Waals surface area contributed by atoms with Crippen molar-refractivity contribution < 1.29 is 14.0 Å². The van der Waals surface area contributed by atoms with E-state index in [1.165, 1.54) is 6.42 Å². The van der Waals surface area contributed by atoms with Crippen molar-refractivity contribution in [3.05, 3.63) is 11.7 Å². The Kier molecular flexibility index (Phi) is 3.56. The van der Waals surface area contributed by atoms with E-state index in [9.17, 15) is 0 Å². The van der Waals surface area contributed by atoms with Crippen LogP contribution in [0.2, 0.25) is 0 Å². The molecule has 0 spiro atoms. The number of aromatic nitrogens is 2. The summed E-state index contributed by atoms with van der Waals surface area (Å²) in [5.41, 5.74) is 5.51. The van der Waals surface area contributed by atoms with Crippen molar-refractivity contribution in [1.82, 2.24) is 10.1 Å². The second-order valence-electron chi connectivity index (χ2n) is 5.74. The fourth-order valence-electron chi connectivity index (χ4n) is 2.26. The van der Waals surface area contributed by atoms with Gasteiger partial charge in [0.25, 0.3) is 5.89 Å². The van der Waals surface area contributed by atoms with Crippen molar-refractivity contribution in [2.45, 2.75) is 56.8 Å². The predicted molar refractivity (Wildman–Crippen MR) is 67.4 cm³/mol. The maximum atomic E-state index is 6.23. The normalized spacial score (nSPS) is 27.2. The standard InChI is InChI=1S/C13H21N3O3/c1-13(14,8-18-9-4-2-5-9)12-15-11(19-16-12)10-6-3-7-17-10/h9-10H,2-8,14H2,1H3. The van der Waals surface area contributed by atoms with Gasteiger partial charge in [0, 0.05) is 6.61 Å². The number of nitrogens with zero attached hydrogens (tertiary/aromatic N) is 2. The van der Waals surface area contributed by atoms with Crippen LogP contribution >= 0.6 is 0 Å². The van der Waals surface area contributed by atoms with Crippen LogP contribution in [-0.4, -0.2) is 29.5 Å². The highest BCUT2D eigenvalue weighted by Gasteiger charge is 2.32. The molecule has 1 aliphatic heterocycles. The van der Waals surface area contributed by atoms with Gasteiger partial charge in [0.15, 0.2) is 5.82 Å². The summed E-state index contributed by atoms with van der Waals surface area (Å²) in [6.07, 6.45) is 5.76. The molecule has 1 saturated carbocycles. The Balaban J connectivity index is 1.62. The lowest BCUT2D eigenvalue weighted by Gasteiger charge is -2.29. The third-order valence-corrected chi connectivity index (χ3v) is 3.83. The lowest BCUT2D eigenvalue weighted by atomic mass is 9.95. The molecule has 2 fully saturated rings. The summed E-state index contributed by atoms with van der Waals surface area (Å²) in [7, 11) is 0. The van der Waals surface area contributed by atoms with Gasteiger partial charge in [0.2, 0.25) is 0 Å². The number of rotatable bonds is 5. The van der Waals surface area contributed by atoms with Crippen LogP contribution in [-0.2, 0) is 15.0 Å². The molecule has 1 saturated heterocycles. The van der Waals surface area contributed by atoms with Crippen molar-refractivity contribution in [1.29, 1.82) is 0 Å². The summed E-state index contributed by atoms with van der Waals surface area (Å²) in [5, 5.41) is 3.98. The van der Waals surface area contributed by atoms with E-state index in [4.69, 9.17) is 19.7 Å². The number of hydrogen-bond donors (Lipinski definition) is 1. The Hall–Kier alpha value is -0.980. The molecule has 2 N–H and O–H groups in total. The minimum absolute atomic E-state index is 0.0652. The van der Waals surface area contributed by atoms with Crippen LogP contribution in [0, 0.1) is 0 Å². The molecule has 6 nitrogen and oxygen atoms in total. The monoisotopic (exact) mass is 267 g/mol. The summed E-state index contributed by atoms with van der Waals surface area (Å²) in [5.74, 6) is 1.03. The molecule has 1 aromatic rings. The average molecular weight is 267 g/mol. The van der Waals surface area contributed by atoms with Crippen LogP contribution in [0.25, 0.3) is 0 Å². The molecule has 3 rings (SSSR count). The van der Waals surface area contributed by atoms with Crippen molar-refractivity contribution in [2.75, 3.05) is 13.2 Å². The predicted octanol–water partition coefficient (Wildman–Crippen LogP) is 1.66. The smallest absolute Gasteiger partial charge is 0.255 e. The van der Waals surface area contributed by atoms with E-state index in [-0.39, 0.29) is 6.10 Å². The van der Waals surface area contributed by atoms with Crippen LogP contribution in [0.4, 0.5) is 0 Å². The molecule has 19 heavy (non-hydrogen) atoms. The number of hydrogen-bond acceptors (Lipinski definition) is 6. The van der Waals surface area contributed by atoms with Gasteiger partial charge in [0.05, 0.1) is 12.7 Å². The lowest BCUT2D eigenvalue weighted by molar-refractivity contribution is -0.0222. The van der Waals surface area contributed by atoms with Gasteiger partial charge in [-0.05, 0) is 39.0 Å². The molecule has 0 amide bonds. The van der Waals surface area contributed by atoms with Gasteiger partial charge in [-0.15, -0.1) is 0 Å². The molecule has 0 radical (unpaired) electrons. The zero-order valence-corrected chi connectivity index (χ0v) is 11.3. The van der Waals surface area contributed by atoms with Gasteiger partial charge in [-0.25, -0.2) is 0 Å². The quantitative estimate of drug-likeness (QED) is 0.873. The fourth-order valence-corrected chi connectivity index (χ4v) is 2.26. The van der Waals surface area contributed by atoms with E-state index in [1.54, 1.807) is 0 Å². The molecule has 6 heteroatoms. The molecule has 1 aromatic heterocycles. The lowest BCUT2D eigenvalue weighted by Crippen LogP contribution is -2.41. The van der Waals surface area contributed by atoms with Gasteiger partial charge in [0.1, 0.15) is 11.6 Å². The maximum absolute atomic E-state index is 6.23. The highest BCUT2D eigenvalue weighted by molar-refractivity contribution is 5.03. The van der Waals surface area contributed by atoms with Crippen LogP contribution in [0.5, 0.6) is 0 Å². The summed E-state index contributed by atoms with van der Waals surface area (Å²) >= 11 is 0. The van der Waals surface area contributed by atoms with Crippen molar-refractivity contribution in [3.63, 3.8) is 0 Å². The van der Waals surface area contributed by atoms with Gasteiger partial charge in [-0.3, -0.25) is 0 Å². The summed E-state index contributed by atoms with van der Waals surface area (Å²) in [4.78, 5) is 4.38. The Morgan fingerprint density at radius 3 is 2.84 bits per heavy atom. The Bertz CT molecular complexity index is 423. The van der Waals surface area contributed by atoms with E-state index >= 15 is 0 Å². The molecule has 2 unspecified atom stereocenters. The first-order valence-electron chi connectivity index (χ1n) is 7.01. The number of nitrogens with two attached hydrogens (primary N) is 1. The third-order valence-electron chi connectivity index (χ3n) is 3.83. The first-order chi connectivity index (χ1) is 9.15. The summed E-state index contributed by atoms with van der Waals surface area (Å²) < 4.78 is 16.5. The Labute approximate surface area is 112 Å². The molecule has 2 aliphatic rings. The summed E-state index contributed by atoms with van der Waals surface area (Å²) in [6, 6.07) is 0. The molecule has 0 bridgehead atoms.